The summed E-state index contributed by atoms with van der Waals surface area (Å²) in [7, 11) is -1.39. The number of unbranched alkanes of at least 4 members (excludes halogenated alkanes) is 5. The van der Waals surface area contributed by atoms with Gasteiger partial charge in [0.15, 0.2) is 0 Å². The number of nitrogens with two attached hydrogens (primary N) is 1. The van der Waals surface area contributed by atoms with E-state index in [0.29, 0.717) is 11.8 Å². The van der Waals surface area contributed by atoms with Crippen LogP contribution in [0.2, 0.25) is 0 Å². The number of sulfonamides is 1. The lowest BCUT2D eigenvalue weighted by Gasteiger charge is -2.30. The van der Waals surface area contributed by atoms with Crippen LogP contribution in [0.5, 0.6) is 0 Å². The molecule has 150 valence electrons. The molecular formula is C20H42N2O2S. The van der Waals surface area contributed by atoms with Crippen LogP contribution in [-0.4, -0.2) is 38.1 Å². The molecule has 1 aliphatic carbocycles. The Bertz CT molecular complexity index is 453. The van der Waals surface area contributed by atoms with Crippen molar-refractivity contribution in [3.05, 3.63) is 0 Å². The summed E-state index contributed by atoms with van der Waals surface area (Å²) < 4.78 is 25.6. The lowest BCUT2D eigenvalue weighted by atomic mass is 9.82. The third-order valence-electron chi connectivity index (χ3n) is 6.18. The minimum absolute atomic E-state index is 0.119. The zero-order valence-electron chi connectivity index (χ0n) is 17.0. The first kappa shape index (κ1) is 22.9. The predicted molar refractivity (Wildman–Crippen MR) is 108 cm³/mol. The normalized spacial score (nSPS) is 28.2. The zero-order chi connectivity index (χ0) is 18.9. The van der Waals surface area contributed by atoms with Gasteiger partial charge < -0.3 is 5.73 Å². The smallest absolute Gasteiger partial charge is 0.211 e. The highest BCUT2D eigenvalue weighted by molar-refractivity contribution is 7.88. The van der Waals surface area contributed by atoms with Gasteiger partial charge in [-0.2, -0.15) is 0 Å². The van der Waals surface area contributed by atoms with Crippen molar-refractivity contribution in [1.29, 1.82) is 0 Å². The third kappa shape index (κ3) is 7.96. The molecule has 0 aliphatic heterocycles. The fourth-order valence-corrected chi connectivity index (χ4v) is 5.07. The first-order chi connectivity index (χ1) is 11.8. The zero-order valence-corrected chi connectivity index (χ0v) is 17.9. The Labute approximate surface area is 157 Å². The fraction of sp³-hybridized carbons (Fsp3) is 1.00. The minimum Gasteiger partial charge on any atom is -0.327 e. The SMILES string of the molecule is CCCCCCCC1C[C@@H](N(C)S(C)(=O)=O)CCC(CCCC)C1N. The van der Waals surface area contributed by atoms with E-state index < -0.39 is 10.0 Å². The lowest BCUT2D eigenvalue weighted by Crippen LogP contribution is -2.40. The van der Waals surface area contributed by atoms with Crippen molar-refractivity contribution in [2.75, 3.05) is 13.3 Å². The van der Waals surface area contributed by atoms with Crippen molar-refractivity contribution in [3.8, 4) is 0 Å². The highest BCUT2D eigenvalue weighted by Gasteiger charge is 2.35. The van der Waals surface area contributed by atoms with E-state index in [4.69, 9.17) is 5.73 Å². The van der Waals surface area contributed by atoms with Crippen molar-refractivity contribution in [1.82, 2.24) is 4.31 Å². The Kier molecular flexibility index (Phi) is 10.6. The second-order valence-electron chi connectivity index (χ2n) is 8.19. The van der Waals surface area contributed by atoms with E-state index >= 15 is 0 Å². The lowest BCUT2D eigenvalue weighted by molar-refractivity contribution is 0.256. The molecule has 2 N–H and O–H groups in total. The van der Waals surface area contributed by atoms with Gasteiger partial charge in [0.1, 0.15) is 0 Å². The van der Waals surface area contributed by atoms with Crippen molar-refractivity contribution in [2.45, 2.75) is 103 Å². The molecule has 0 spiro atoms. The molecule has 4 atom stereocenters. The molecule has 25 heavy (non-hydrogen) atoms. The van der Waals surface area contributed by atoms with Gasteiger partial charge in [-0.05, 0) is 43.9 Å². The van der Waals surface area contributed by atoms with Crippen LogP contribution in [-0.2, 0) is 10.0 Å². The summed E-state index contributed by atoms with van der Waals surface area (Å²) in [6.07, 6.45) is 15.5. The van der Waals surface area contributed by atoms with Gasteiger partial charge in [-0.15, -0.1) is 0 Å². The maximum atomic E-state index is 12.0. The molecule has 1 aliphatic rings. The van der Waals surface area contributed by atoms with Crippen LogP contribution in [0.4, 0.5) is 0 Å². The molecule has 1 saturated carbocycles. The van der Waals surface area contributed by atoms with Gasteiger partial charge in [0.25, 0.3) is 0 Å². The first-order valence-electron chi connectivity index (χ1n) is 10.5. The van der Waals surface area contributed by atoms with Gasteiger partial charge in [0, 0.05) is 19.1 Å². The van der Waals surface area contributed by atoms with Gasteiger partial charge in [0.2, 0.25) is 10.0 Å². The molecule has 0 heterocycles. The number of nitrogens with zero attached hydrogens (tertiary/aromatic N) is 1. The largest absolute Gasteiger partial charge is 0.327 e. The summed E-state index contributed by atoms with van der Waals surface area (Å²) in [6, 6.07) is 0.351. The summed E-state index contributed by atoms with van der Waals surface area (Å²) in [5.41, 5.74) is 6.71. The number of hydrogen-bond acceptors (Lipinski definition) is 3. The van der Waals surface area contributed by atoms with Gasteiger partial charge in [-0.25, -0.2) is 12.7 Å². The fourth-order valence-electron chi connectivity index (χ4n) is 4.33. The summed E-state index contributed by atoms with van der Waals surface area (Å²) in [6.45, 7) is 4.47. The second kappa shape index (κ2) is 11.6. The van der Waals surface area contributed by atoms with E-state index in [1.807, 2.05) is 0 Å². The average Bonchev–Trinajstić information content (AvgIpc) is 2.71. The Balaban J connectivity index is 2.74. The van der Waals surface area contributed by atoms with E-state index in [1.54, 1.807) is 11.4 Å². The Morgan fingerprint density at radius 1 is 0.920 bits per heavy atom. The minimum atomic E-state index is -3.13. The van der Waals surface area contributed by atoms with Gasteiger partial charge >= 0.3 is 0 Å². The standard InChI is InChI=1S/C20H42N2O2S/c1-5-7-9-10-11-13-18-16-19(22(3)25(4,23)24)15-14-17(20(18)21)12-8-6-2/h17-20H,5-16,21H2,1-4H3/t17?,18?,19-,20?/m0/s1. The molecule has 0 bridgehead atoms. The molecule has 0 aromatic carbocycles. The Hall–Kier alpha value is -0.130. The molecular weight excluding hydrogens is 332 g/mol. The molecule has 0 saturated heterocycles. The number of rotatable bonds is 11. The average molecular weight is 375 g/mol. The summed E-state index contributed by atoms with van der Waals surface area (Å²) >= 11 is 0. The van der Waals surface area contributed by atoms with Gasteiger partial charge in [0.05, 0.1) is 6.26 Å². The van der Waals surface area contributed by atoms with E-state index in [0.717, 1.165) is 25.7 Å². The molecule has 1 fully saturated rings. The molecule has 0 aromatic heterocycles. The van der Waals surface area contributed by atoms with Crippen LogP contribution in [0.1, 0.15) is 90.9 Å². The third-order valence-corrected chi connectivity index (χ3v) is 7.52. The highest BCUT2D eigenvalue weighted by Crippen LogP contribution is 2.35. The van der Waals surface area contributed by atoms with Crippen LogP contribution in [0.3, 0.4) is 0 Å². The summed E-state index contributed by atoms with van der Waals surface area (Å²) in [5.74, 6) is 1.01. The van der Waals surface area contributed by atoms with Crippen LogP contribution in [0, 0.1) is 11.8 Å². The van der Waals surface area contributed by atoms with Crippen LogP contribution in [0.15, 0.2) is 0 Å². The van der Waals surface area contributed by atoms with Crippen LogP contribution < -0.4 is 5.73 Å². The van der Waals surface area contributed by atoms with E-state index in [-0.39, 0.29) is 12.1 Å². The quantitative estimate of drug-likeness (QED) is 0.426. The highest BCUT2D eigenvalue weighted by atomic mass is 32.2. The molecule has 5 heteroatoms. The summed E-state index contributed by atoms with van der Waals surface area (Å²) in [5, 5.41) is 0. The van der Waals surface area contributed by atoms with Crippen LogP contribution >= 0.6 is 0 Å². The van der Waals surface area contributed by atoms with Gasteiger partial charge in [-0.1, -0.05) is 58.8 Å². The van der Waals surface area contributed by atoms with E-state index in [2.05, 4.69) is 13.8 Å². The molecule has 0 radical (unpaired) electrons. The molecule has 0 amide bonds. The molecule has 4 nitrogen and oxygen atoms in total. The van der Waals surface area contributed by atoms with Crippen molar-refractivity contribution in [3.63, 3.8) is 0 Å². The number of hydrogen-bond donors (Lipinski definition) is 1. The Morgan fingerprint density at radius 2 is 1.52 bits per heavy atom. The topological polar surface area (TPSA) is 63.4 Å². The molecule has 0 aromatic rings. The second-order valence-corrected chi connectivity index (χ2v) is 10.2. The maximum absolute atomic E-state index is 12.0. The van der Waals surface area contributed by atoms with Crippen molar-refractivity contribution < 1.29 is 8.42 Å². The van der Waals surface area contributed by atoms with Crippen molar-refractivity contribution in [2.24, 2.45) is 17.6 Å². The molecule has 3 unspecified atom stereocenters. The summed E-state index contributed by atoms with van der Waals surface area (Å²) in [4.78, 5) is 0. The first-order valence-corrected chi connectivity index (χ1v) is 12.3. The van der Waals surface area contributed by atoms with Crippen LogP contribution in [0.25, 0.3) is 0 Å². The van der Waals surface area contributed by atoms with Crippen molar-refractivity contribution >= 4 is 10.0 Å². The van der Waals surface area contributed by atoms with E-state index in [1.165, 1.54) is 57.6 Å². The predicted octanol–water partition coefficient (Wildman–Crippen LogP) is 4.54. The van der Waals surface area contributed by atoms with E-state index in [9.17, 15) is 8.42 Å². The monoisotopic (exact) mass is 374 g/mol. The van der Waals surface area contributed by atoms with Gasteiger partial charge in [-0.3, -0.25) is 0 Å². The maximum Gasteiger partial charge on any atom is 0.211 e. The Morgan fingerprint density at radius 3 is 2.12 bits per heavy atom. The molecule has 1 rings (SSSR count).